The number of sulfone groups is 1. The van der Waals surface area contributed by atoms with Gasteiger partial charge >= 0.3 is 0 Å². The fraction of sp³-hybridized carbons (Fsp3) is 0.467. The van der Waals surface area contributed by atoms with Crippen LogP contribution in [0.25, 0.3) is 10.1 Å². The Labute approximate surface area is 129 Å². The highest BCUT2D eigenvalue weighted by atomic mass is 32.2. The second-order valence-electron chi connectivity index (χ2n) is 5.46. The number of benzene rings is 1. The summed E-state index contributed by atoms with van der Waals surface area (Å²) in [5.41, 5.74) is 1.35. The van der Waals surface area contributed by atoms with Crippen LogP contribution in [0.2, 0.25) is 0 Å². The van der Waals surface area contributed by atoms with Gasteiger partial charge in [-0.1, -0.05) is 18.2 Å². The third kappa shape index (κ3) is 3.29. The molecule has 21 heavy (non-hydrogen) atoms. The molecule has 1 aliphatic heterocycles. The SMILES string of the molecule is CNCc1sc2ccccc2c1CN1CCS(=O)(=O)CC1. The largest absolute Gasteiger partial charge is 0.315 e. The molecular formula is C15H20N2O2S2. The minimum atomic E-state index is -2.81. The summed E-state index contributed by atoms with van der Waals surface area (Å²) in [4.78, 5) is 3.61. The van der Waals surface area contributed by atoms with Crippen molar-refractivity contribution in [1.82, 2.24) is 10.2 Å². The summed E-state index contributed by atoms with van der Waals surface area (Å²) in [6.07, 6.45) is 0. The van der Waals surface area contributed by atoms with E-state index in [-0.39, 0.29) is 11.5 Å². The second-order valence-corrected chi connectivity index (χ2v) is 8.90. The van der Waals surface area contributed by atoms with E-state index in [0.717, 1.165) is 13.1 Å². The summed E-state index contributed by atoms with van der Waals surface area (Å²) in [7, 11) is -0.849. The van der Waals surface area contributed by atoms with Crippen LogP contribution in [-0.4, -0.2) is 45.0 Å². The van der Waals surface area contributed by atoms with Gasteiger partial charge < -0.3 is 5.32 Å². The monoisotopic (exact) mass is 324 g/mol. The second kappa shape index (κ2) is 6.04. The van der Waals surface area contributed by atoms with Crippen LogP contribution in [0, 0.1) is 0 Å². The lowest BCUT2D eigenvalue weighted by Gasteiger charge is -2.26. The molecule has 114 valence electrons. The van der Waals surface area contributed by atoms with Crippen LogP contribution in [0.1, 0.15) is 10.4 Å². The van der Waals surface area contributed by atoms with E-state index in [4.69, 9.17) is 0 Å². The molecule has 1 aromatic heterocycles. The van der Waals surface area contributed by atoms with Gasteiger partial charge in [0, 0.05) is 35.8 Å². The Morgan fingerprint density at radius 2 is 1.95 bits per heavy atom. The minimum absolute atomic E-state index is 0.288. The first-order valence-electron chi connectivity index (χ1n) is 7.16. The van der Waals surface area contributed by atoms with E-state index in [0.29, 0.717) is 13.1 Å². The third-order valence-corrected chi connectivity index (χ3v) is 6.76. The highest BCUT2D eigenvalue weighted by Gasteiger charge is 2.23. The zero-order valence-electron chi connectivity index (χ0n) is 12.1. The average Bonchev–Trinajstić information content (AvgIpc) is 2.80. The predicted octanol–water partition coefficient (Wildman–Crippen LogP) is 1.85. The van der Waals surface area contributed by atoms with E-state index in [2.05, 4.69) is 34.5 Å². The maximum atomic E-state index is 11.5. The van der Waals surface area contributed by atoms with Gasteiger partial charge in [-0.05, 0) is 24.1 Å². The van der Waals surface area contributed by atoms with Crippen LogP contribution in [0.5, 0.6) is 0 Å². The molecule has 2 aromatic rings. The Balaban J connectivity index is 1.87. The molecule has 0 unspecified atom stereocenters. The van der Waals surface area contributed by atoms with Crippen molar-refractivity contribution in [2.75, 3.05) is 31.6 Å². The molecule has 0 aliphatic carbocycles. The quantitative estimate of drug-likeness (QED) is 0.932. The fourth-order valence-electron chi connectivity index (χ4n) is 2.76. The van der Waals surface area contributed by atoms with Gasteiger partial charge in [0.15, 0.2) is 9.84 Å². The molecule has 3 rings (SSSR count). The molecule has 1 saturated heterocycles. The number of rotatable bonds is 4. The molecule has 0 saturated carbocycles. The molecule has 1 aliphatic rings. The van der Waals surface area contributed by atoms with Crippen molar-refractivity contribution < 1.29 is 8.42 Å². The summed E-state index contributed by atoms with van der Waals surface area (Å²) in [5, 5.41) is 4.54. The summed E-state index contributed by atoms with van der Waals surface area (Å²) in [6.45, 7) is 2.99. The Kier molecular flexibility index (Phi) is 4.31. The third-order valence-electron chi connectivity index (χ3n) is 3.94. The van der Waals surface area contributed by atoms with Gasteiger partial charge in [-0.2, -0.15) is 0 Å². The van der Waals surface area contributed by atoms with Crippen LogP contribution >= 0.6 is 11.3 Å². The van der Waals surface area contributed by atoms with Gasteiger partial charge in [-0.25, -0.2) is 8.42 Å². The first kappa shape index (κ1) is 15.0. The minimum Gasteiger partial charge on any atom is -0.315 e. The van der Waals surface area contributed by atoms with Crippen molar-refractivity contribution in [3.63, 3.8) is 0 Å². The molecule has 4 nitrogen and oxygen atoms in total. The van der Waals surface area contributed by atoms with Gasteiger partial charge in [-0.15, -0.1) is 11.3 Å². The summed E-state index contributed by atoms with van der Waals surface area (Å²) < 4.78 is 24.4. The van der Waals surface area contributed by atoms with Crippen molar-refractivity contribution in [3.8, 4) is 0 Å². The van der Waals surface area contributed by atoms with Crippen LogP contribution in [0.15, 0.2) is 24.3 Å². The van der Waals surface area contributed by atoms with Crippen molar-refractivity contribution >= 4 is 31.3 Å². The Morgan fingerprint density at radius 3 is 2.67 bits per heavy atom. The van der Waals surface area contributed by atoms with Crippen molar-refractivity contribution in [2.45, 2.75) is 13.1 Å². The molecule has 0 amide bonds. The van der Waals surface area contributed by atoms with E-state index in [1.54, 1.807) is 0 Å². The topological polar surface area (TPSA) is 49.4 Å². The molecule has 0 radical (unpaired) electrons. The summed E-state index contributed by atoms with van der Waals surface area (Å²) >= 11 is 1.83. The van der Waals surface area contributed by atoms with Gasteiger partial charge in [0.25, 0.3) is 0 Å². The first-order chi connectivity index (χ1) is 10.1. The highest BCUT2D eigenvalue weighted by Crippen LogP contribution is 2.32. The van der Waals surface area contributed by atoms with Crippen molar-refractivity contribution in [1.29, 1.82) is 0 Å². The van der Waals surface area contributed by atoms with Crippen molar-refractivity contribution in [2.24, 2.45) is 0 Å². The number of fused-ring (bicyclic) bond motifs is 1. The smallest absolute Gasteiger partial charge is 0.152 e. The average molecular weight is 324 g/mol. The number of hydrogen-bond acceptors (Lipinski definition) is 5. The molecule has 1 aromatic carbocycles. The van der Waals surface area contributed by atoms with E-state index in [9.17, 15) is 8.42 Å². The van der Waals surface area contributed by atoms with Crippen molar-refractivity contribution in [3.05, 3.63) is 34.7 Å². The van der Waals surface area contributed by atoms with Gasteiger partial charge in [0.1, 0.15) is 0 Å². The van der Waals surface area contributed by atoms with Crippen LogP contribution < -0.4 is 5.32 Å². The Hall–Kier alpha value is -0.950. The lowest BCUT2D eigenvalue weighted by molar-refractivity contribution is 0.288. The molecule has 1 N–H and O–H groups in total. The van der Waals surface area contributed by atoms with Crippen LogP contribution in [-0.2, 0) is 22.9 Å². The lowest BCUT2D eigenvalue weighted by Crippen LogP contribution is -2.39. The molecule has 2 heterocycles. The molecule has 0 atom stereocenters. The van der Waals surface area contributed by atoms with Gasteiger partial charge in [0.2, 0.25) is 0 Å². The van der Waals surface area contributed by atoms with E-state index in [1.165, 1.54) is 20.5 Å². The van der Waals surface area contributed by atoms with E-state index < -0.39 is 9.84 Å². The predicted molar refractivity (Wildman–Crippen MR) is 88.5 cm³/mol. The molecular weight excluding hydrogens is 304 g/mol. The van der Waals surface area contributed by atoms with E-state index >= 15 is 0 Å². The summed E-state index contributed by atoms with van der Waals surface area (Å²) in [5.74, 6) is 0.576. The van der Waals surface area contributed by atoms with Gasteiger partial charge in [0.05, 0.1) is 11.5 Å². The zero-order valence-corrected chi connectivity index (χ0v) is 13.8. The fourth-order valence-corrected chi connectivity index (χ4v) is 5.26. The Morgan fingerprint density at radius 1 is 1.24 bits per heavy atom. The zero-order chi connectivity index (χ0) is 14.9. The molecule has 6 heteroatoms. The van der Waals surface area contributed by atoms with E-state index in [1.807, 2.05) is 18.4 Å². The normalized spacial score (nSPS) is 19.1. The Bertz CT molecular complexity index is 723. The molecule has 1 fully saturated rings. The van der Waals surface area contributed by atoms with Crippen LogP contribution in [0.3, 0.4) is 0 Å². The maximum Gasteiger partial charge on any atom is 0.152 e. The highest BCUT2D eigenvalue weighted by molar-refractivity contribution is 7.91. The number of thiophene rings is 1. The number of nitrogens with zero attached hydrogens (tertiary/aromatic N) is 1. The summed E-state index contributed by atoms with van der Waals surface area (Å²) in [6, 6.07) is 8.46. The van der Waals surface area contributed by atoms with Crippen LogP contribution in [0.4, 0.5) is 0 Å². The number of hydrogen-bond donors (Lipinski definition) is 1. The molecule has 0 spiro atoms. The first-order valence-corrected chi connectivity index (χ1v) is 9.79. The maximum absolute atomic E-state index is 11.5. The standard InChI is InChI=1S/C15H20N2O2S2/c1-16-10-15-13(12-4-2-3-5-14(12)20-15)11-17-6-8-21(18,19)9-7-17/h2-5,16H,6-11H2,1H3. The van der Waals surface area contributed by atoms with Gasteiger partial charge in [-0.3, -0.25) is 4.90 Å². The molecule has 0 bridgehead atoms. The number of nitrogens with one attached hydrogen (secondary N) is 1. The lowest BCUT2D eigenvalue weighted by atomic mass is 10.1.